The van der Waals surface area contributed by atoms with Crippen molar-refractivity contribution in [3.8, 4) is 17.2 Å². The molecule has 0 aliphatic rings. The normalized spacial score (nSPS) is 10.9. The summed E-state index contributed by atoms with van der Waals surface area (Å²) in [5.74, 6) is 2.00. The minimum absolute atomic E-state index is 0.0798. The molecule has 8 heteroatoms. The second-order valence-corrected chi connectivity index (χ2v) is 9.19. The summed E-state index contributed by atoms with van der Waals surface area (Å²) in [5, 5.41) is 9.20. The van der Waals surface area contributed by atoms with Crippen molar-refractivity contribution in [2.45, 2.75) is 32.1 Å². The third kappa shape index (κ3) is 6.54. The van der Waals surface area contributed by atoms with Gasteiger partial charge in [0.05, 0.1) is 13.2 Å². The Labute approximate surface area is 209 Å². The number of ether oxygens (including phenoxy) is 3. The first-order chi connectivity index (χ1) is 17.0. The lowest BCUT2D eigenvalue weighted by Crippen LogP contribution is -2.14. The minimum atomic E-state index is -0.362. The molecule has 0 fully saturated rings. The van der Waals surface area contributed by atoms with Gasteiger partial charge in [-0.05, 0) is 80.8 Å². The fourth-order valence-electron chi connectivity index (χ4n) is 3.52. The smallest absolute Gasteiger partial charge is 0.344 e. The molecule has 4 aromatic rings. The molecule has 0 N–H and O–H groups in total. The molecular weight excluding hydrogens is 462 g/mol. The largest absolute Gasteiger partial charge is 0.491 e. The molecule has 0 bridgehead atoms. The van der Waals surface area contributed by atoms with E-state index in [-0.39, 0.29) is 12.6 Å². The summed E-state index contributed by atoms with van der Waals surface area (Å²) in [6.07, 6.45) is 0.882. The number of benzene rings is 3. The van der Waals surface area contributed by atoms with Crippen LogP contribution in [0, 0.1) is 13.8 Å². The predicted octanol–water partition coefficient (Wildman–Crippen LogP) is 5.54. The summed E-state index contributed by atoms with van der Waals surface area (Å²) in [5.41, 5.74) is 4.64. The molecule has 182 valence electrons. The van der Waals surface area contributed by atoms with Gasteiger partial charge in [0.15, 0.2) is 6.61 Å². The maximum Gasteiger partial charge on any atom is 0.344 e. The topological polar surface area (TPSA) is 75.5 Å². The van der Waals surface area contributed by atoms with Crippen molar-refractivity contribution in [2.75, 3.05) is 25.6 Å². The number of hydrogen-bond acceptors (Lipinski definition) is 7. The molecule has 0 amide bonds. The Morgan fingerprint density at radius 3 is 2.40 bits per heavy atom. The van der Waals surface area contributed by atoms with Gasteiger partial charge in [-0.1, -0.05) is 18.2 Å². The molecule has 0 aliphatic heterocycles. The lowest BCUT2D eigenvalue weighted by Gasteiger charge is -2.12. The van der Waals surface area contributed by atoms with Gasteiger partial charge in [0.1, 0.15) is 28.2 Å². The van der Waals surface area contributed by atoms with Crippen LogP contribution in [0.25, 0.3) is 16.7 Å². The molecule has 4 rings (SSSR count). The first-order valence-corrected chi connectivity index (χ1v) is 12.6. The highest BCUT2D eigenvalue weighted by Gasteiger charge is 2.11. The maximum atomic E-state index is 11.5. The summed E-state index contributed by atoms with van der Waals surface area (Å²) in [6.45, 7) is 6.65. The average Bonchev–Trinajstić information content (AvgIpc) is 3.28. The summed E-state index contributed by atoms with van der Waals surface area (Å²) in [4.78, 5) is 14.3. The van der Waals surface area contributed by atoms with Gasteiger partial charge < -0.3 is 14.2 Å². The quantitative estimate of drug-likeness (QED) is 0.155. The van der Waals surface area contributed by atoms with Crippen LogP contribution in [-0.2, 0) is 9.53 Å². The Morgan fingerprint density at radius 2 is 1.69 bits per heavy atom. The van der Waals surface area contributed by atoms with Crippen LogP contribution in [0.1, 0.15) is 24.5 Å². The number of carbonyl (C=O) groups excluding carboxylic acids is 1. The number of esters is 1. The number of aryl methyl sites for hydroxylation is 2. The van der Waals surface area contributed by atoms with Crippen LogP contribution >= 0.6 is 11.8 Å². The Bertz CT molecular complexity index is 1270. The molecule has 0 aliphatic carbocycles. The standard InChI is InChI=1S/C27H29N3O4S/c1-4-32-27(31)18-34-25-13-11-21(17-20(25)3)35-15-7-14-33-26-12-10-19(2)16-24(26)30-28-22-8-5-6-9-23(22)29-30/h5-6,8-13,16-17H,4,7,14-15,18H2,1-3H3. The van der Waals surface area contributed by atoms with E-state index in [4.69, 9.17) is 14.2 Å². The van der Waals surface area contributed by atoms with E-state index < -0.39 is 0 Å². The van der Waals surface area contributed by atoms with Crippen LogP contribution in [0.3, 0.4) is 0 Å². The van der Waals surface area contributed by atoms with Crippen LogP contribution in [0.5, 0.6) is 11.5 Å². The van der Waals surface area contributed by atoms with E-state index in [0.29, 0.717) is 19.0 Å². The van der Waals surface area contributed by atoms with E-state index in [2.05, 4.69) is 16.3 Å². The number of rotatable bonds is 11. The molecule has 7 nitrogen and oxygen atoms in total. The molecule has 0 atom stereocenters. The Kier molecular flexibility index (Phi) is 8.26. The first kappa shape index (κ1) is 24.6. The highest BCUT2D eigenvalue weighted by molar-refractivity contribution is 7.99. The predicted molar refractivity (Wildman–Crippen MR) is 138 cm³/mol. The van der Waals surface area contributed by atoms with Gasteiger partial charge in [-0.3, -0.25) is 0 Å². The molecule has 0 radical (unpaired) electrons. The Hall–Kier alpha value is -3.52. The van der Waals surface area contributed by atoms with Crippen molar-refractivity contribution in [3.63, 3.8) is 0 Å². The number of aromatic nitrogens is 3. The van der Waals surface area contributed by atoms with Gasteiger partial charge in [0.2, 0.25) is 0 Å². The fourth-order valence-corrected chi connectivity index (χ4v) is 4.44. The number of hydrogen-bond donors (Lipinski definition) is 0. The van der Waals surface area contributed by atoms with E-state index >= 15 is 0 Å². The van der Waals surface area contributed by atoms with Crippen LogP contribution in [0.2, 0.25) is 0 Å². The number of nitrogens with zero attached hydrogens (tertiary/aromatic N) is 3. The van der Waals surface area contributed by atoms with E-state index in [9.17, 15) is 4.79 Å². The summed E-state index contributed by atoms with van der Waals surface area (Å²) in [6, 6.07) is 19.8. The highest BCUT2D eigenvalue weighted by Crippen LogP contribution is 2.27. The third-order valence-corrected chi connectivity index (χ3v) is 6.31. The Balaban J connectivity index is 1.29. The molecule has 1 heterocycles. The SMILES string of the molecule is CCOC(=O)COc1ccc(SCCCOc2ccc(C)cc2-n2nc3ccccc3n2)cc1C. The van der Waals surface area contributed by atoms with E-state index in [1.54, 1.807) is 23.5 Å². The van der Waals surface area contributed by atoms with Crippen molar-refractivity contribution >= 4 is 28.8 Å². The third-order valence-electron chi connectivity index (χ3n) is 5.23. The highest BCUT2D eigenvalue weighted by atomic mass is 32.2. The zero-order chi connectivity index (χ0) is 24.6. The molecule has 0 unspecified atom stereocenters. The van der Waals surface area contributed by atoms with Crippen molar-refractivity contribution in [1.82, 2.24) is 15.0 Å². The van der Waals surface area contributed by atoms with E-state index in [0.717, 1.165) is 50.7 Å². The lowest BCUT2D eigenvalue weighted by atomic mass is 10.2. The van der Waals surface area contributed by atoms with Crippen LogP contribution in [0.4, 0.5) is 0 Å². The number of fused-ring (bicyclic) bond motifs is 1. The van der Waals surface area contributed by atoms with E-state index in [1.807, 2.05) is 68.4 Å². The van der Waals surface area contributed by atoms with Gasteiger partial charge in [-0.15, -0.1) is 26.8 Å². The van der Waals surface area contributed by atoms with Crippen molar-refractivity contribution in [3.05, 3.63) is 71.8 Å². The zero-order valence-corrected chi connectivity index (χ0v) is 21.0. The molecule has 3 aromatic carbocycles. The van der Waals surface area contributed by atoms with Gasteiger partial charge >= 0.3 is 5.97 Å². The number of carbonyl (C=O) groups is 1. The van der Waals surface area contributed by atoms with Gasteiger partial charge in [0.25, 0.3) is 0 Å². The minimum Gasteiger partial charge on any atom is -0.491 e. The monoisotopic (exact) mass is 491 g/mol. The Morgan fingerprint density at radius 1 is 0.943 bits per heavy atom. The lowest BCUT2D eigenvalue weighted by molar-refractivity contribution is -0.145. The van der Waals surface area contributed by atoms with Crippen molar-refractivity contribution < 1.29 is 19.0 Å². The molecule has 35 heavy (non-hydrogen) atoms. The van der Waals surface area contributed by atoms with Crippen LogP contribution in [0.15, 0.2) is 65.6 Å². The fraction of sp³-hybridized carbons (Fsp3) is 0.296. The molecular formula is C27H29N3O4S. The molecule has 0 saturated heterocycles. The van der Waals surface area contributed by atoms with Crippen molar-refractivity contribution in [1.29, 1.82) is 0 Å². The zero-order valence-electron chi connectivity index (χ0n) is 20.2. The van der Waals surface area contributed by atoms with Crippen LogP contribution < -0.4 is 9.47 Å². The summed E-state index contributed by atoms with van der Waals surface area (Å²) >= 11 is 1.76. The summed E-state index contributed by atoms with van der Waals surface area (Å²) < 4.78 is 16.6. The van der Waals surface area contributed by atoms with E-state index in [1.165, 1.54) is 0 Å². The van der Waals surface area contributed by atoms with Gasteiger partial charge in [0, 0.05) is 10.6 Å². The second kappa shape index (κ2) is 11.8. The van der Waals surface area contributed by atoms with Crippen molar-refractivity contribution in [2.24, 2.45) is 0 Å². The molecule has 0 saturated carbocycles. The number of thioether (sulfide) groups is 1. The van der Waals surface area contributed by atoms with Gasteiger partial charge in [-0.2, -0.15) is 0 Å². The first-order valence-electron chi connectivity index (χ1n) is 11.6. The second-order valence-electron chi connectivity index (χ2n) is 8.02. The molecule has 1 aromatic heterocycles. The summed E-state index contributed by atoms with van der Waals surface area (Å²) in [7, 11) is 0. The molecule has 0 spiro atoms. The van der Waals surface area contributed by atoms with Gasteiger partial charge in [-0.25, -0.2) is 4.79 Å². The van der Waals surface area contributed by atoms with Crippen LogP contribution in [-0.4, -0.2) is 46.5 Å². The average molecular weight is 492 g/mol. The maximum absolute atomic E-state index is 11.5.